The third-order valence-corrected chi connectivity index (χ3v) is 14.2. The van der Waals surface area contributed by atoms with Gasteiger partial charge in [-0.1, -0.05) is 44.2 Å². The van der Waals surface area contributed by atoms with Gasteiger partial charge in [-0.05, 0) is 64.8 Å². The number of hydrogen-bond donors (Lipinski definition) is 2. The largest absolute Gasteiger partial charge is 0.433 e. The lowest BCUT2D eigenvalue weighted by molar-refractivity contribution is -0.142. The van der Waals surface area contributed by atoms with Crippen molar-refractivity contribution in [3.05, 3.63) is 95.7 Å². The third kappa shape index (κ3) is 9.53. The third-order valence-electron chi connectivity index (χ3n) is 9.41. The summed E-state index contributed by atoms with van der Waals surface area (Å²) >= 11 is 0. The van der Waals surface area contributed by atoms with Crippen molar-refractivity contribution < 1.29 is 52.8 Å². The van der Waals surface area contributed by atoms with E-state index in [2.05, 4.69) is 30.8 Å². The first-order chi connectivity index (χ1) is 27.4. The van der Waals surface area contributed by atoms with E-state index in [0.29, 0.717) is 53.1 Å². The average Bonchev–Trinajstić information content (AvgIpc) is 3.68. The maximum absolute atomic E-state index is 13.0. The van der Waals surface area contributed by atoms with Crippen molar-refractivity contribution in [2.75, 3.05) is 10.6 Å². The zero-order valence-corrected chi connectivity index (χ0v) is 35.4. The molecule has 4 heterocycles. The quantitative estimate of drug-likeness (QED) is 0.136. The van der Waals surface area contributed by atoms with E-state index >= 15 is 0 Å². The summed E-state index contributed by atoms with van der Waals surface area (Å²) in [5, 5.41) is 13.8. The molecular formula is C38H42F6N8O6S2. The van der Waals surface area contributed by atoms with E-state index in [1.54, 1.807) is 27.1 Å². The maximum atomic E-state index is 13.0. The van der Waals surface area contributed by atoms with E-state index < -0.39 is 74.5 Å². The zero-order valence-electron chi connectivity index (χ0n) is 33.7. The highest BCUT2D eigenvalue weighted by Gasteiger charge is 2.45. The fraction of sp³-hybridized carbons (Fsp3) is 0.368. The lowest BCUT2D eigenvalue weighted by atomic mass is 10.1. The van der Waals surface area contributed by atoms with Crippen LogP contribution in [-0.2, 0) is 55.7 Å². The Morgan fingerprint density at radius 3 is 1.50 bits per heavy atom. The van der Waals surface area contributed by atoms with Gasteiger partial charge in [0.15, 0.2) is 19.7 Å². The van der Waals surface area contributed by atoms with Crippen molar-refractivity contribution in [3.8, 4) is 11.3 Å². The molecule has 0 atom stereocenters. The summed E-state index contributed by atoms with van der Waals surface area (Å²) in [4.78, 5) is 31.1. The van der Waals surface area contributed by atoms with Crippen molar-refractivity contribution >= 4 is 43.1 Å². The first kappa shape index (κ1) is 47.0. The van der Waals surface area contributed by atoms with Crippen LogP contribution in [0, 0.1) is 6.92 Å². The summed E-state index contributed by atoms with van der Waals surface area (Å²) in [5.41, 5.74) is 0.351. The SMILES string of the molecule is CC(C)c1cc(NC(=O)C(C)(C)S(=O)(=O)c2ccc(C(F)(F)F)nc2)n(C)n1.Cc1c(-c2ccccc2)nn(C)c1NC(=O)C(C)(C)S(=O)(=O)c1ccc(C(F)(F)F)nc1. The van der Waals surface area contributed by atoms with Crippen LogP contribution in [0.2, 0.25) is 0 Å². The van der Waals surface area contributed by atoms with Crippen molar-refractivity contribution in [2.45, 2.75) is 86.0 Å². The minimum atomic E-state index is -4.71. The number of nitrogens with one attached hydrogen (secondary N) is 2. The molecule has 4 aromatic heterocycles. The molecule has 0 aliphatic carbocycles. The Labute approximate surface area is 342 Å². The molecule has 0 unspecified atom stereocenters. The van der Waals surface area contributed by atoms with Gasteiger partial charge < -0.3 is 10.6 Å². The van der Waals surface area contributed by atoms with Gasteiger partial charge in [0.25, 0.3) is 0 Å². The number of carbonyl (C=O) groups excluding carboxylic acids is 2. The van der Waals surface area contributed by atoms with Crippen LogP contribution in [0.25, 0.3) is 11.3 Å². The second-order valence-electron chi connectivity index (χ2n) is 14.7. The van der Waals surface area contributed by atoms with Gasteiger partial charge in [-0.25, -0.2) is 16.8 Å². The molecule has 324 valence electrons. The molecule has 5 rings (SSSR count). The van der Waals surface area contributed by atoms with E-state index in [1.807, 2.05) is 44.2 Å². The van der Waals surface area contributed by atoms with Gasteiger partial charge in [0.2, 0.25) is 11.8 Å². The minimum Gasteiger partial charge on any atom is -0.310 e. The van der Waals surface area contributed by atoms with Crippen molar-refractivity contribution in [3.63, 3.8) is 0 Å². The van der Waals surface area contributed by atoms with Crippen LogP contribution in [0.15, 0.2) is 82.8 Å². The first-order valence-electron chi connectivity index (χ1n) is 17.8. The zero-order chi connectivity index (χ0) is 45.4. The van der Waals surface area contributed by atoms with Gasteiger partial charge in [-0.15, -0.1) is 0 Å². The van der Waals surface area contributed by atoms with Gasteiger partial charge >= 0.3 is 12.4 Å². The molecule has 22 heteroatoms. The van der Waals surface area contributed by atoms with Crippen LogP contribution >= 0.6 is 0 Å². The normalized spacial score (nSPS) is 12.8. The number of carbonyl (C=O) groups is 2. The van der Waals surface area contributed by atoms with E-state index in [1.165, 1.54) is 37.1 Å². The first-order valence-corrected chi connectivity index (χ1v) is 20.7. The smallest absolute Gasteiger partial charge is 0.310 e. The van der Waals surface area contributed by atoms with Crippen molar-refractivity contribution in [2.24, 2.45) is 14.1 Å². The summed E-state index contributed by atoms with van der Waals surface area (Å²) in [6.45, 7) is 10.3. The van der Waals surface area contributed by atoms with Gasteiger partial charge in [-0.3, -0.25) is 28.9 Å². The molecule has 0 aliphatic heterocycles. The number of halogens is 6. The van der Waals surface area contributed by atoms with Crippen LogP contribution in [0.3, 0.4) is 0 Å². The minimum absolute atomic E-state index is 0.104. The molecule has 0 fully saturated rings. The summed E-state index contributed by atoms with van der Waals surface area (Å²) in [5.74, 6) is -0.981. The number of aromatic nitrogens is 6. The van der Waals surface area contributed by atoms with Crippen LogP contribution in [0.4, 0.5) is 38.0 Å². The molecular weight excluding hydrogens is 843 g/mol. The molecule has 2 amide bonds. The predicted molar refractivity (Wildman–Crippen MR) is 209 cm³/mol. The number of anilines is 2. The number of alkyl halides is 6. The van der Waals surface area contributed by atoms with Gasteiger partial charge in [0.1, 0.15) is 32.5 Å². The number of sulfone groups is 2. The lowest BCUT2D eigenvalue weighted by Crippen LogP contribution is -2.45. The Morgan fingerprint density at radius 1 is 0.667 bits per heavy atom. The molecule has 14 nitrogen and oxygen atoms in total. The number of nitrogens with zero attached hydrogens (tertiary/aromatic N) is 6. The molecule has 0 radical (unpaired) electrons. The number of amides is 2. The predicted octanol–water partition coefficient (Wildman–Crippen LogP) is 7.15. The van der Waals surface area contributed by atoms with E-state index in [-0.39, 0.29) is 5.92 Å². The van der Waals surface area contributed by atoms with E-state index in [0.717, 1.165) is 17.7 Å². The Kier molecular flexibility index (Phi) is 13.2. The molecule has 1 aromatic carbocycles. The average molecular weight is 885 g/mol. The second-order valence-corrected chi connectivity index (χ2v) is 19.7. The number of aryl methyl sites for hydroxylation is 2. The Bertz CT molecular complexity index is 2590. The van der Waals surface area contributed by atoms with E-state index in [9.17, 15) is 52.8 Å². The highest BCUT2D eigenvalue weighted by Crippen LogP contribution is 2.34. The molecule has 0 spiro atoms. The lowest BCUT2D eigenvalue weighted by Gasteiger charge is -2.24. The van der Waals surface area contributed by atoms with Gasteiger partial charge in [0, 0.05) is 43.7 Å². The molecule has 5 aromatic rings. The van der Waals surface area contributed by atoms with Gasteiger partial charge in [-0.2, -0.15) is 36.5 Å². The molecule has 0 aliphatic rings. The Hall–Kier alpha value is -5.64. The second kappa shape index (κ2) is 16.8. The molecule has 0 saturated heterocycles. The van der Waals surface area contributed by atoms with Gasteiger partial charge in [0.05, 0.1) is 21.2 Å². The van der Waals surface area contributed by atoms with Crippen molar-refractivity contribution in [1.29, 1.82) is 0 Å². The number of hydrogen-bond acceptors (Lipinski definition) is 10. The van der Waals surface area contributed by atoms with Crippen molar-refractivity contribution in [1.82, 2.24) is 29.5 Å². The summed E-state index contributed by atoms with van der Waals surface area (Å²) in [6.07, 6.45) is -8.18. The molecule has 0 bridgehead atoms. The molecule has 0 saturated carbocycles. The van der Waals surface area contributed by atoms with Crippen LogP contribution in [-0.4, -0.2) is 67.7 Å². The summed E-state index contributed by atoms with van der Waals surface area (Å²) in [6, 6.07) is 13.6. The standard InChI is InChI=1S/C21H21F3N4O3S.C17H21F3N4O3S/c1-13-17(14-8-6-5-7-9-14)27-28(4)18(13)26-19(29)20(2,3)32(30,31)15-10-11-16(25-12-15)21(22,23)24;1-10(2)12-8-14(24(5)23-12)22-15(25)16(3,4)28(26,27)11-6-7-13(21-9-11)17(18,19)20/h5-12H,1-4H3,(H,26,29);6-10H,1-5H3,(H,22,25). The van der Waals surface area contributed by atoms with Crippen LogP contribution < -0.4 is 10.6 Å². The number of pyridine rings is 2. The monoisotopic (exact) mass is 884 g/mol. The maximum Gasteiger partial charge on any atom is 0.433 e. The Balaban J connectivity index is 0.000000267. The highest BCUT2D eigenvalue weighted by molar-refractivity contribution is 7.94. The van der Waals surface area contributed by atoms with Crippen LogP contribution in [0.5, 0.6) is 0 Å². The fourth-order valence-electron chi connectivity index (χ4n) is 5.34. The highest BCUT2D eigenvalue weighted by atomic mass is 32.2. The number of benzene rings is 1. The summed E-state index contributed by atoms with van der Waals surface area (Å²) in [7, 11) is -5.47. The van der Waals surface area contributed by atoms with Crippen LogP contribution in [0.1, 0.15) is 70.1 Å². The molecule has 2 N–H and O–H groups in total. The Morgan fingerprint density at radius 2 is 1.12 bits per heavy atom. The van der Waals surface area contributed by atoms with E-state index in [4.69, 9.17) is 0 Å². The topological polar surface area (TPSA) is 188 Å². The molecule has 60 heavy (non-hydrogen) atoms. The number of rotatable bonds is 10. The fourth-order valence-corrected chi connectivity index (χ4v) is 7.98. The summed E-state index contributed by atoms with van der Waals surface area (Å²) < 4.78 is 127.